The lowest BCUT2D eigenvalue weighted by molar-refractivity contribution is 0.109. The summed E-state index contributed by atoms with van der Waals surface area (Å²) in [5, 5.41) is 4.35. The first kappa shape index (κ1) is 23.2. The summed E-state index contributed by atoms with van der Waals surface area (Å²) in [5.74, 6) is 0.921. The molecule has 2 aliphatic rings. The summed E-state index contributed by atoms with van der Waals surface area (Å²) in [6, 6.07) is 7.51. The molecule has 0 spiro atoms. The third kappa shape index (κ3) is 4.70. The van der Waals surface area contributed by atoms with E-state index in [1.807, 2.05) is 16.7 Å². The molecule has 176 valence electrons. The van der Waals surface area contributed by atoms with Gasteiger partial charge in [-0.05, 0) is 58.2 Å². The van der Waals surface area contributed by atoms with E-state index in [0.29, 0.717) is 24.7 Å². The number of aromatic nitrogens is 2. The average molecular weight is 441 g/mol. The van der Waals surface area contributed by atoms with Gasteiger partial charge in [0.1, 0.15) is 5.82 Å². The predicted octanol–water partition coefficient (Wildman–Crippen LogP) is 2.87. The fourth-order valence-corrected chi connectivity index (χ4v) is 5.51. The highest BCUT2D eigenvalue weighted by Crippen LogP contribution is 2.28. The number of hydrogen-bond acceptors (Lipinski definition) is 6. The van der Waals surface area contributed by atoms with Gasteiger partial charge < -0.3 is 16.0 Å². The van der Waals surface area contributed by atoms with Gasteiger partial charge >= 0.3 is 0 Å². The van der Waals surface area contributed by atoms with E-state index in [0.717, 1.165) is 74.3 Å². The second-order valence-corrected chi connectivity index (χ2v) is 9.77. The Morgan fingerprint density at radius 1 is 1.16 bits per heavy atom. The molecule has 0 radical (unpaired) electrons. The first-order valence-electron chi connectivity index (χ1n) is 12.5. The molecule has 0 bridgehead atoms. The molecule has 2 saturated heterocycles. The Bertz CT molecular complexity index is 970. The Morgan fingerprint density at radius 2 is 1.84 bits per heavy atom. The lowest BCUT2D eigenvalue weighted by Gasteiger charge is -2.41. The van der Waals surface area contributed by atoms with E-state index >= 15 is 0 Å². The Balaban J connectivity index is 1.74. The molecule has 2 aliphatic heterocycles. The molecule has 3 N–H and O–H groups in total. The highest BCUT2D eigenvalue weighted by atomic mass is 16.1. The van der Waals surface area contributed by atoms with E-state index in [9.17, 15) is 4.79 Å². The highest BCUT2D eigenvalue weighted by molar-refractivity contribution is 5.82. The smallest absolute Gasteiger partial charge is 0.261 e. The van der Waals surface area contributed by atoms with Gasteiger partial charge in [-0.1, -0.05) is 13.3 Å². The van der Waals surface area contributed by atoms with E-state index in [2.05, 4.69) is 48.9 Å². The number of nitrogens with two attached hydrogens (primary N) is 1. The van der Waals surface area contributed by atoms with Crippen molar-refractivity contribution in [3.63, 3.8) is 0 Å². The van der Waals surface area contributed by atoms with Gasteiger partial charge in [0.05, 0.1) is 16.9 Å². The molecule has 3 heterocycles. The third-order valence-electron chi connectivity index (χ3n) is 7.07. The van der Waals surface area contributed by atoms with Gasteiger partial charge in [0, 0.05) is 56.5 Å². The van der Waals surface area contributed by atoms with Gasteiger partial charge in [0.25, 0.3) is 5.56 Å². The number of anilines is 1. The maximum absolute atomic E-state index is 13.6. The topological polar surface area (TPSA) is 79.4 Å². The standard InChI is InChI=1S/C25H40N6O/c1-5-7-23(30-15-17(3)27-18(4)16-30)24-28-22-9-8-20(29-12-10-19(26)11-13-29)14-21(22)25(32)31(24)6-2/h8-9,14,17-19,23,27H,5-7,10-13,15-16,26H2,1-4H3/t17-,18+,23?. The number of nitrogens with zero attached hydrogens (tertiary/aromatic N) is 4. The zero-order valence-corrected chi connectivity index (χ0v) is 20.2. The summed E-state index contributed by atoms with van der Waals surface area (Å²) in [4.78, 5) is 23.6. The molecule has 1 aromatic carbocycles. The normalized spacial score (nSPS) is 24.2. The molecular weight excluding hydrogens is 400 g/mol. The quantitative estimate of drug-likeness (QED) is 0.719. The number of nitrogens with one attached hydrogen (secondary N) is 1. The van der Waals surface area contributed by atoms with Crippen LogP contribution in [0, 0.1) is 0 Å². The van der Waals surface area contributed by atoms with Crippen molar-refractivity contribution in [3.8, 4) is 0 Å². The molecule has 4 rings (SSSR count). The Labute approximate surface area is 192 Å². The maximum Gasteiger partial charge on any atom is 0.261 e. The lowest BCUT2D eigenvalue weighted by atomic mass is 10.0. The van der Waals surface area contributed by atoms with Crippen LogP contribution in [0.5, 0.6) is 0 Å². The maximum atomic E-state index is 13.6. The number of benzene rings is 1. The fraction of sp³-hybridized carbons (Fsp3) is 0.680. The van der Waals surface area contributed by atoms with Gasteiger partial charge in [0.15, 0.2) is 0 Å². The Hall–Kier alpha value is -1.96. The minimum Gasteiger partial charge on any atom is -0.371 e. The van der Waals surface area contributed by atoms with Crippen LogP contribution in [0.4, 0.5) is 5.69 Å². The van der Waals surface area contributed by atoms with E-state index in [1.165, 1.54) is 0 Å². The number of rotatable bonds is 6. The van der Waals surface area contributed by atoms with Crippen molar-refractivity contribution in [2.24, 2.45) is 5.73 Å². The molecule has 0 amide bonds. The molecule has 3 atom stereocenters. The first-order valence-corrected chi connectivity index (χ1v) is 12.5. The molecule has 0 aliphatic carbocycles. The minimum atomic E-state index is 0.0837. The molecule has 7 nitrogen and oxygen atoms in total. The third-order valence-corrected chi connectivity index (χ3v) is 7.07. The Kier molecular flexibility index (Phi) is 7.17. The van der Waals surface area contributed by atoms with Gasteiger partial charge in [-0.25, -0.2) is 4.98 Å². The van der Waals surface area contributed by atoms with Gasteiger partial charge in [-0.15, -0.1) is 0 Å². The van der Waals surface area contributed by atoms with Crippen LogP contribution in [-0.2, 0) is 6.54 Å². The summed E-state index contributed by atoms with van der Waals surface area (Å²) in [6.45, 7) is 13.2. The molecule has 2 aromatic rings. The Morgan fingerprint density at radius 3 is 2.47 bits per heavy atom. The van der Waals surface area contributed by atoms with Crippen LogP contribution in [0.3, 0.4) is 0 Å². The van der Waals surface area contributed by atoms with Crippen molar-refractivity contribution in [1.82, 2.24) is 19.8 Å². The molecule has 1 unspecified atom stereocenters. The molecule has 0 saturated carbocycles. The summed E-state index contributed by atoms with van der Waals surface area (Å²) in [6.07, 6.45) is 4.05. The van der Waals surface area contributed by atoms with Crippen LogP contribution in [0.2, 0.25) is 0 Å². The molecule has 2 fully saturated rings. The fourth-order valence-electron chi connectivity index (χ4n) is 5.51. The van der Waals surface area contributed by atoms with Crippen LogP contribution >= 0.6 is 0 Å². The van der Waals surface area contributed by atoms with E-state index in [1.54, 1.807) is 0 Å². The summed E-state index contributed by atoms with van der Waals surface area (Å²) in [5.41, 5.74) is 8.08. The number of hydrogen-bond donors (Lipinski definition) is 2. The van der Waals surface area contributed by atoms with E-state index in [4.69, 9.17) is 10.7 Å². The second kappa shape index (κ2) is 9.89. The van der Waals surface area contributed by atoms with E-state index < -0.39 is 0 Å². The van der Waals surface area contributed by atoms with Gasteiger partial charge in [0.2, 0.25) is 0 Å². The van der Waals surface area contributed by atoms with Crippen molar-refractivity contribution >= 4 is 16.6 Å². The van der Waals surface area contributed by atoms with Crippen LogP contribution in [0.1, 0.15) is 65.2 Å². The van der Waals surface area contributed by atoms with E-state index in [-0.39, 0.29) is 11.6 Å². The predicted molar refractivity (Wildman–Crippen MR) is 132 cm³/mol. The van der Waals surface area contributed by atoms with Crippen LogP contribution < -0.4 is 21.5 Å². The number of piperazine rings is 1. The monoisotopic (exact) mass is 440 g/mol. The van der Waals surface area contributed by atoms with Gasteiger partial charge in [-0.3, -0.25) is 14.3 Å². The molecular formula is C25H40N6O. The van der Waals surface area contributed by atoms with Crippen LogP contribution in [-0.4, -0.2) is 58.8 Å². The number of fused-ring (bicyclic) bond motifs is 1. The van der Waals surface area contributed by atoms with Crippen LogP contribution in [0.15, 0.2) is 23.0 Å². The van der Waals surface area contributed by atoms with Crippen molar-refractivity contribution in [2.75, 3.05) is 31.1 Å². The molecule has 7 heteroatoms. The largest absolute Gasteiger partial charge is 0.371 e. The second-order valence-electron chi connectivity index (χ2n) is 9.77. The minimum absolute atomic E-state index is 0.0837. The zero-order valence-electron chi connectivity index (χ0n) is 20.2. The van der Waals surface area contributed by atoms with Crippen LogP contribution in [0.25, 0.3) is 10.9 Å². The first-order chi connectivity index (χ1) is 15.4. The summed E-state index contributed by atoms with van der Waals surface area (Å²) < 4.78 is 1.91. The van der Waals surface area contributed by atoms with Crippen molar-refractivity contribution in [2.45, 2.75) is 84.1 Å². The average Bonchev–Trinajstić information content (AvgIpc) is 2.77. The lowest BCUT2D eigenvalue weighted by Crippen LogP contribution is -2.55. The zero-order chi connectivity index (χ0) is 22.8. The summed E-state index contributed by atoms with van der Waals surface area (Å²) in [7, 11) is 0. The SMILES string of the molecule is CCCC(c1nc2ccc(N3CCC(N)CC3)cc2c(=O)n1CC)N1C[C@@H](C)N[C@@H](C)C1. The van der Waals surface area contributed by atoms with Crippen molar-refractivity contribution < 1.29 is 0 Å². The number of piperidine rings is 1. The van der Waals surface area contributed by atoms with Crippen molar-refractivity contribution in [1.29, 1.82) is 0 Å². The summed E-state index contributed by atoms with van der Waals surface area (Å²) >= 11 is 0. The van der Waals surface area contributed by atoms with Crippen molar-refractivity contribution in [3.05, 3.63) is 34.4 Å². The molecule has 1 aromatic heterocycles. The molecule has 32 heavy (non-hydrogen) atoms. The van der Waals surface area contributed by atoms with Gasteiger partial charge in [-0.2, -0.15) is 0 Å². The highest BCUT2D eigenvalue weighted by Gasteiger charge is 2.30.